The van der Waals surface area contributed by atoms with Gasteiger partial charge in [0.2, 0.25) is 5.95 Å². The van der Waals surface area contributed by atoms with E-state index in [4.69, 9.17) is 5.73 Å². The van der Waals surface area contributed by atoms with Crippen LogP contribution in [0.15, 0.2) is 9.59 Å². The van der Waals surface area contributed by atoms with Gasteiger partial charge in [0.05, 0.1) is 0 Å². The first-order valence-electron chi connectivity index (χ1n) is 5.29. The Balaban J connectivity index is 3.13. The maximum atomic E-state index is 11.9. The highest BCUT2D eigenvalue weighted by atomic mass is 16.2. The number of nitrogens with two attached hydrogens (primary N) is 1. The molecule has 0 bridgehead atoms. The van der Waals surface area contributed by atoms with E-state index in [0.717, 1.165) is 4.57 Å². The molecule has 0 saturated carbocycles. The fourth-order valence-electron chi connectivity index (χ4n) is 1.98. The van der Waals surface area contributed by atoms with E-state index < -0.39 is 5.56 Å². The molecule has 2 rings (SSSR count). The number of anilines is 1. The molecule has 0 amide bonds. The zero-order valence-electron chi connectivity index (χ0n) is 10.3. The third-order valence-electron chi connectivity index (χ3n) is 2.83. The molecule has 0 aliphatic heterocycles. The Morgan fingerprint density at radius 3 is 2.29 bits per heavy atom. The van der Waals surface area contributed by atoms with Crippen LogP contribution in [0.25, 0.3) is 11.2 Å². The number of hydrogen-bond donors (Lipinski definition) is 1. The molecule has 2 N–H and O–H groups in total. The zero-order valence-corrected chi connectivity index (χ0v) is 10.3. The molecule has 0 spiro atoms. The molecular formula is C10H15N5O2. The van der Waals surface area contributed by atoms with Crippen LogP contribution in [-0.4, -0.2) is 18.7 Å². The molecule has 17 heavy (non-hydrogen) atoms. The van der Waals surface area contributed by atoms with Gasteiger partial charge < -0.3 is 5.73 Å². The molecule has 0 saturated heterocycles. The average Bonchev–Trinajstić information content (AvgIpc) is 2.61. The molecule has 0 fully saturated rings. The standard InChI is InChI=1S/C10H15N5O2/c1-5(2)15-7-6(12-9(15)11)8(16)14(4)10(17)13(7)3/h5H,1-4H3,(H2,11,12). The molecule has 0 aromatic carbocycles. The summed E-state index contributed by atoms with van der Waals surface area (Å²) < 4.78 is 4.09. The maximum Gasteiger partial charge on any atom is 0.332 e. The molecule has 2 heterocycles. The van der Waals surface area contributed by atoms with E-state index in [1.165, 1.54) is 11.6 Å². The van der Waals surface area contributed by atoms with Crippen LogP contribution in [0.1, 0.15) is 19.9 Å². The molecule has 0 radical (unpaired) electrons. The van der Waals surface area contributed by atoms with Crippen molar-refractivity contribution in [2.24, 2.45) is 14.1 Å². The quantitative estimate of drug-likeness (QED) is 0.730. The summed E-state index contributed by atoms with van der Waals surface area (Å²) in [6.07, 6.45) is 0. The maximum absolute atomic E-state index is 11.9. The van der Waals surface area contributed by atoms with Crippen molar-refractivity contribution in [1.29, 1.82) is 0 Å². The minimum Gasteiger partial charge on any atom is -0.369 e. The van der Waals surface area contributed by atoms with Crippen molar-refractivity contribution in [3.05, 3.63) is 20.8 Å². The lowest BCUT2D eigenvalue weighted by molar-refractivity contribution is 0.602. The monoisotopic (exact) mass is 237 g/mol. The van der Waals surface area contributed by atoms with E-state index in [2.05, 4.69) is 4.98 Å². The highest BCUT2D eigenvalue weighted by molar-refractivity contribution is 5.73. The highest BCUT2D eigenvalue weighted by Crippen LogP contribution is 2.18. The van der Waals surface area contributed by atoms with Gasteiger partial charge in [-0.15, -0.1) is 0 Å². The highest BCUT2D eigenvalue weighted by Gasteiger charge is 2.18. The number of aromatic nitrogens is 4. The molecule has 0 unspecified atom stereocenters. The van der Waals surface area contributed by atoms with Crippen LogP contribution in [0.3, 0.4) is 0 Å². The lowest BCUT2D eigenvalue weighted by Crippen LogP contribution is -2.37. The van der Waals surface area contributed by atoms with Crippen molar-refractivity contribution in [3.8, 4) is 0 Å². The fraction of sp³-hybridized carbons (Fsp3) is 0.500. The van der Waals surface area contributed by atoms with Crippen LogP contribution in [0.4, 0.5) is 5.95 Å². The number of imidazole rings is 1. The van der Waals surface area contributed by atoms with Gasteiger partial charge >= 0.3 is 5.69 Å². The molecule has 0 aliphatic rings. The van der Waals surface area contributed by atoms with Gasteiger partial charge in [-0.05, 0) is 13.8 Å². The fourth-order valence-corrected chi connectivity index (χ4v) is 1.98. The first-order valence-corrected chi connectivity index (χ1v) is 5.29. The van der Waals surface area contributed by atoms with E-state index >= 15 is 0 Å². The molecular weight excluding hydrogens is 222 g/mol. The largest absolute Gasteiger partial charge is 0.369 e. The van der Waals surface area contributed by atoms with Gasteiger partial charge in [0.25, 0.3) is 5.56 Å². The van der Waals surface area contributed by atoms with E-state index in [0.29, 0.717) is 5.65 Å². The first kappa shape index (κ1) is 11.4. The van der Waals surface area contributed by atoms with E-state index in [9.17, 15) is 9.59 Å². The lowest BCUT2D eigenvalue weighted by Gasteiger charge is -2.12. The van der Waals surface area contributed by atoms with Crippen LogP contribution in [0.5, 0.6) is 0 Å². The van der Waals surface area contributed by atoms with Crippen molar-refractivity contribution in [2.45, 2.75) is 19.9 Å². The summed E-state index contributed by atoms with van der Waals surface area (Å²) in [4.78, 5) is 27.8. The Hall–Kier alpha value is -2.05. The number of hydrogen-bond acceptors (Lipinski definition) is 4. The van der Waals surface area contributed by atoms with Gasteiger partial charge in [-0.1, -0.05) is 0 Å². The molecule has 92 valence electrons. The molecule has 7 nitrogen and oxygen atoms in total. The minimum atomic E-state index is -0.422. The second-order valence-corrected chi connectivity index (χ2v) is 4.31. The molecule has 0 aliphatic carbocycles. The summed E-state index contributed by atoms with van der Waals surface area (Å²) >= 11 is 0. The summed E-state index contributed by atoms with van der Waals surface area (Å²) in [7, 11) is 3.03. The summed E-state index contributed by atoms with van der Waals surface area (Å²) in [5.41, 5.74) is 5.66. The summed E-state index contributed by atoms with van der Waals surface area (Å²) in [6, 6.07) is 0.0257. The van der Waals surface area contributed by atoms with Crippen LogP contribution in [-0.2, 0) is 14.1 Å². The summed E-state index contributed by atoms with van der Waals surface area (Å²) in [5, 5.41) is 0. The summed E-state index contributed by atoms with van der Waals surface area (Å²) in [6.45, 7) is 3.83. The van der Waals surface area contributed by atoms with Gasteiger partial charge in [-0.2, -0.15) is 0 Å². The Morgan fingerprint density at radius 2 is 1.76 bits per heavy atom. The van der Waals surface area contributed by atoms with Gasteiger partial charge in [0.15, 0.2) is 11.2 Å². The SMILES string of the molecule is CC(C)n1c(N)nc2c(=O)n(C)c(=O)n(C)c21. The van der Waals surface area contributed by atoms with Crippen LogP contribution in [0, 0.1) is 0 Å². The van der Waals surface area contributed by atoms with Crippen LogP contribution in [0.2, 0.25) is 0 Å². The minimum absolute atomic E-state index is 0.0257. The average molecular weight is 237 g/mol. The van der Waals surface area contributed by atoms with Crippen molar-refractivity contribution >= 4 is 17.1 Å². The number of nitrogens with zero attached hydrogens (tertiary/aromatic N) is 4. The molecule has 2 aromatic rings. The zero-order chi connectivity index (χ0) is 12.9. The molecule has 2 aromatic heterocycles. The topological polar surface area (TPSA) is 87.8 Å². The van der Waals surface area contributed by atoms with Crippen LogP contribution >= 0.6 is 0 Å². The Kier molecular flexibility index (Phi) is 2.34. The predicted molar refractivity (Wildman–Crippen MR) is 65.0 cm³/mol. The molecule has 7 heteroatoms. The van der Waals surface area contributed by atoms with Gasteiger partial charge in [-0.25, -0.2) is 9.78 Å². The number of aryl methyl sites for hydroxylation is 1. The number of fused-ring (bicyclic) bond motifs is 1. The van der Waals surface area contributed by atoms with Crippen molar-refractivity contribution < 1.29 is 0 Å². The van der Waals surface area contributed by atoms with Gasteiger partial charge in [0, 0.05) is 20.1 Å². The predicted octanol–water partition coefficient (Wildman–Crippen LogP) is -0.403. The Bertz CT molecular complexity index is 704. The summed E-state index contributed by atoms with van der Waals surface area (Å²) in [5.74, 6) is 0.244. The van der Waals surface area contributed by atoms with E-state index in [1.54, 1.807) is 11.6 Å². The van der Waals surface area contributed by atoms with Gasteiger partial charge in [-0.3, -0.25) is 18.5 Å². The van der Waals surface area contributed by atoms with Crippen molar-refractivity contribution in [3.63, 3.8) is 0 Å². The van der Waals surface area contributed by atoms with Crippen molar-refractivity contribution in [1.82, 2.24) is 18.7 Å². The number of rotatable bonds is 1. The second kappa shape index (κ2) is 3.47. The number of nitrogen functional groups attached to an aromatic ring is 1. The van der Waals surface area contributed by atoms with Gasteiger partial charge in [0.1, 0.15) is 0 Å². The first-order chi connectivity index (χ1) is 7.86. The van der Waals surface area contributed by atoms with E-state index in [-0.39, 0.29) is 23.2 Å². The normalized spacial score (nSPS) is 11.6. The lowest BCUT2D eigenvalue weighted by atomic mass is 10.4. The Labute approximate surface area is 97.1 Å². The Morgan fingerprint density at radius 1 is 1.18 bits per heavy atom. The van der Waals surface area contributed by atoms with Crippen LogP contribution < -0.4 is 17.0 Å². The molecule has 0 atom stereocenters. The smallest absolute Gasteiger partial charge is 0.332 e. The third kappa shape index (κ3) is 1.38. The van der Waals surface area contributed by atoms with E-state index in [1.807, 2.05) is 13.8 Å². The third-order valence-corrected chi connectivity index (χ3v) is 2.83. The van der Waals surface area contributed by atoms with Crippen molar-refractivity contribution in [2.75, 3.05) is 5.73 Å². The second-order valence-electron chi connectivity index (χ2n) is 4.31.